The third kappa shape index (κ3) is 4.66. The number of para-hydroxylation sites is 1. The molecule has 0 unspecified atom stereocenters. The Morgan fingerprint density at radius 3 is 2.50 bits per heavy atom. The van der Waals surface area contributed by atoms with Gasteiger partial charge in [0.15, 0.2) is 0 Å². The van der Waals surface area contributed by atoms with Crippen LogP contribution in [0, 0.1) is 0 Å². The molecule has 0 saturated carbocycles. The molecule has 1 saturated heterocycles. The van der Waals surface area contributed by atoms with Crippen molar-refractivity contribution in [2.24, 2.45) is 0 Å². The Bertz CT molecular complexity index is 668. The van der Waals surface area contributed by atoms with E-state index < -0.39 is 0 Å². The molecule has 0 radical (unpaired) electrons. The van der Waals surface area contributed by atoms with Crippen molar-refractivity contribution in [3.63, 3.8) is 0 Å². The van der Waals surface area contributed by atoms with Gasteiger partial charge >= 0.3 is 0 Å². The summed E-state index contributed by atoms with van der Waals surface area (Å²) in [5.74, 6) is 0.0665. The van der Waals surface area contributed by atoms with Crippen LogP contribution in [0.5, 0.6) is 0 Å². The maximum absolute atomic E-state index is 12.4. The van der Waals surface area contributed by atoms with Crippen LogP contribution in [0.25, 0.3) is 0 Å². The summed E-state index contributed by atoms with van der Waals surface area (Å²) in [7, 11) is 0. The van der Waals surface area contributed by atoms with Gasteiger partial charge in [0.2, 0.25) is 5.91 Å². The summed E-state index contributed by atoms with van der Waals surface area (Å²) >= 11 is 5.31. The van der Waals surface area contributed by atoms with E-state index >= 15 is 0 Å². The summed E-state index contributed by atoms with van der Waals surface area (Å²) < 4.78 is 1.18. The molecule has 4 nitrogen and oxygen atoms in total. The molecule has 24 heavy (non-hydrogen) atoms. The van der Waals surface area contributed by atoms with Gasteiger partial charge in [-0.05, 0) is 47.1 Å². The van der Waals surface area contributed by atoms with E-state index in [1.165, 1.54) is 8.66 Å². The van der Waals surface area contributed by atoms with Crippen LogP contribution in [0.15, 0.2) is 46.3 Å². The van der Waals surface area contributed by atoms with Crippen LogP contribution >= 0.6 is 27.3 Å². The van der Waals surface area contributed by atoms with Gasteiger partial charge in [0.05, 0.1) is 9.83 Å². The molecule has 0 spiro atoms. The highest BCUT2D eigenvalue weighted by Crippen LogP contribution is 2.23. The van der Waals surface area contributed by atoms with Crippen molar-refractivity contribution in [2.75, 3.05) is 31.5 Å². The largest absolute Gasteiger partial charge is 0.325 e. The number of carbonyl (C=O) groups excluding carboxylic acids is 1. The lowest BCUT2D eigenvalue weighted by atomic mass is 10.2. The first-order valence-electron chi connectivity index (χ1n) is 8.18. The van der Waals surface area contributed by atoms with Crippen molar-refractivity contribution >= 4 is 38.9 Å². The highest BCUT2D eigenvalue weighted by molar-refractivity contribution is 9.11. The van der Waals surface area contributed by atoms with Crippen LogP contribution in [-0.2, 0) is 11.3 Å². The topological polar surface area (TPSA) is 35.6 Å². The van der Waals surface area contributed by atoms with Crippen molar-refractivity contribution < 1.29 is 4.79 Å². The first-order valence-corrected chi connectivity index (χ1v) is 9.79. The predicted molar refractivity (Wildman–Crippen MR) is 103 cm³/mol. The zero-order valence-corrected chi connectivity index (χ0v) is 16.1. The number of nitrogens with zero attached hydrogens (tertiary/aromatic N) is 2. The summed E-state index contributed by atoms with van der Waals surface area (Å²) in [6.07, 6.45) is 0. The van der Waals surface area contributed by atoms with Crippen LogP contribution in [0.1, 0.15) is 11.8 Å². The van der Waals surface area contributed by atoms with Gasteiger partial charge in [-0.2, -0.15) is 0 Å². The highest BCUT2D eigenvalue weighted by Gasteiger charge is 2.25. The summed E-state index contributed by atoms with van der Waals surface area (Å²) in [6, 6.07) is 13.8. The molecule has 1 aromatic heterocycles. The molecule has 1 N–H and O–H groups in total. The SMILES string of the molecule is C[C@@H](C(=O)Nc1ccccc1)N1CCN(Cc2ccc(Br)s2)CC1. The molecule has 1 atom stereocenters. The van der Waals surface area contributed by atoms with E-state index in [1.54, 1.807) is 11.3 Å². The Kier molecular flexibility index (Phi) is 6.05. The molecule has 1 aliphatic rings. The number of hydrogen-bond acceptors (Lipinski definition) is 4. The molecule has 1 aliphatic heterocycles. The molecule has 3 rings (SSSR count). The van der Waals surface area contributed by atoms with E-state index in [2.05, 4.69) is 43.2 Å². The van der Waals surface area contributed by atoms with Crippen LogP contribution in [0.4, 0.5) is 5.69 Å². The summed E-state index contributed by atoms with van der Waals surface area (Å²) in [5, 5.41) is 3.00. The zero-order chi connectivity index (χ0) is 16.9. The van der Waals surface area contributed by atoms with Crippen LogP contribution in [-0.4, -0.2) is 47.9 Å². The van der Waals surface area contributed by atoms with Gasteiger partial charge < -0.3 is 5.32 Å². The van der Waals surface area contributed by atoms with Crippen molar-refractivity contribution in [2.45, 2.75) is 19.5 Å². The smallest absolute Gasteiger partial charge is 0.241 e. The molecule has 2 heterocycles. The lowest BCUT2D eigenvalue weighted by Gasteiger charge is -2.37. The fourth-order valence-electron chi connectivity index (χ4n) is 2.90. The average molecular weight is 408 g/mol. The first kappa shape index (κ1) is 17.6. The van der Waals surface area contributed by atoms with E-state index in [9.17, 15) is 4.79 Å². The monoisotopic (exact) mass is 407 g/mol. The molecule has 1 aromatic carbocycles. The van der Waals surface area contributed by atoms with Gasteiger partial charge in [-0.3, -0.25) is 14.6 Å². The normalized spacial score (nSPS) is 17.6. The van der Waals surface area contributed by atoms with Crippen LogP contribution < -0.4 is 5.32 Å². The maximum atomic E-state index is 12.4. The second-order valence-corrected chi connectivity index (χ2v) is 8.60. The van der Waals surface area contributed by atoms with Gasteiger partial charge in [-0.15, -0.1) is 11.3 Å². The number of amides is 1. The Morgan fingerprint density at radius 1 is 1.17 bits per heavy atom. The molecule has 128 valence electrons. The number of carbonyl (C=O) groups is 1. The number of nitrogens with one attached hydrogen (secondary N) is 1. The molecule has 1 fully saturated rings. The van der Waals surface area contributed by atoms with Gasteiger partial charge in [0, 0.05) is 43.3 Å². The lowest BCUT2D eigenvalue weighted by molar-refractivity contribution is -0.121. The molecule has 2 aromatic rings. The molecule has 6 heteroatoms. The number of halogens is 1. The first-order chi connectivity index (χ1) is 11.6. The number of benzene rings is 1. The van der Waals surface area contributed by atoms with Gasteiger partial charge in [-0.25, -0.2) is 0 Å². The molecule has 1 amide bonds. The second kappa shape index (κ2) is 8.25. The van der Waals surface area contributed by atoms with Crippen molar-refractivity contribution in [3.8, 4) is 0 Å². The number of piperazine rings is 1. The highest BCUT2D eigenvalue weighted by atomic mass is 79.9. The standard InChI is InChI=1S/C18H22BrN3OS/c1-14(18(23)20-15-5-3-2-4-6-15)22-11-9-21(10-12-22)13-16-7-8-17(19)24-16/h2-8,14H,9-13H2,1H3,(H,20,23)/t14-/m0/s1. The average Bonchev–Trinajstić information content (AvgIpc) is 3.00. The minimum absolute atomic E-state index is 0.0665. The summed E-state index contributed by atoms with van der Waals surface area (Å²) in [6.45, 7) is 6.84. The number of anilines is 1. The van der Waals surface area contributed by atoms with Crippen LogP contribution in [0.2, 0.25) is 0 Å². The lowest BCUT2D eigenvalue weighted by Crippen LogP contribution is -2.52. The van der Waals surface area contributed by atoms with Gasteiger partial charge in [-0.1, -0.05) is 18.2 Å². The molecule has 0 bridgehead atoms. The van der Waals surface area contributed by atoms with Gasteiger partial charge in [0.25, 0.3) is 0 Å². The fraction of sp³-hybridized carbons (Fsp3) is 0.389. The van der Waals surface area contributed by atoms with E-state index in [0.29, 0.717) is 0 Å². The Labute approximate surface area is 155 Å². The Morgan fingerprint density at radius 2 is 1.88 bits per heavy atom. The van der Waals surface area contributed by atoms with E-state index in [4.69, 9.17) is 0 Å². The number of rotatable bonds is 5. The quantitative estimate of drug-likeness (QED) is 0.821. The summed E-state index contributed by atoms with van der Waals surface area (Å²) in [4.78, 5) is 18.5. The van der Waals surface area contributed by atoms with Crippen LogP contribution in [0.3, 0.4) is 0 Å². The van der Waals surface area contributed by atoms with Crippen molar-refractivity contribution in [1.82, 2.24) is 9.80 Å². The number of hydrogen-bond donors (Lipinski definition) is 1. The summed E-state index contributed by atoms with van der Waals surface area (Å²) in [5.41, 5.74) is 0.858. The third-order valence-corrected chi connectivity index (χ3v) is 5.99. The zero-order valence-electron chi connectivity index (χ0n) is 13.7. The fourth-order valence-corrected chi connectivity index (χ4v) is 4.43. The maximum Gasteiger partial charge on any atom is 0.241 e. The predicted octanol–water partition coefficient (Wildman–Crippen LogP) is 3.66. The van der Waals surface area contributed by atoms with Gasteiger partial charge in [0.1, 0.15) is 0 Å². The van der Waals surface area contributed by atoms with E-state index in [-0.39, 0.29) is 11.9 Å². The van der Waals surface area contributed by atoms with Crippen molar-refractivity contribution in [3.05, 3.63) is 51.1 Å². The molecular weight excluding hydrogens is 386 g/mol. The van der Waals surface area contributed by atoms with E-state index in [0.717, 1.165) is 38.4 Å². The molecular formula is C18H22BrN3OS. The molecule has 0 aliphatic carbocycles. The van der Waals surface area contributed by atoms with E-state index in [1.807, 2.05) is 37.3 Å². The van der Waals surface area contributed by atoms with Crippen molar-refractivity contribution in [1.29, 1.82) is 0 Å². The third-order valence-electron chi connectivity index (χ3n) is 4.38. The second-order valence-electron chi connectivity index (χ2n) is 6.05. The Hall–Kier alpha value is -1.21. The minimum atomic E-state index is -0.108. The Balaban J connectivity index is 1.47. The minimum Gasteiger partial charge on any atom is -0.325 e. The number of thiophene rings is 1.